The highest BCUT2D eigenvalue weighted by molar-refractivity contribution is 5.62. The first-order valence-corrected chi connectivity index (χ1v) is 7.13. The van der Waals surface area contributed by atoms with Gasteiger partial charge in [0.25, 0.3) is 5.88 Å². The van der Waals surface area contributed by atoms with Crippen molar-refractivity contribution in [3.63, 3.8) is 0 Å². The Morgan fingerprint density at radius 3 is 2.38 bits per heavy atom. The minimum Gasteiger partial charge on any atom is -0.473 e. The van der Waals surface area contributed by atoms with E-state index in [0.717, 1.165) is 6.42 Å². The maximum atomic E-state index is 11.4. The summed E-state index contributed by atoms with van der Waals surface area (Å²) >= 11 is 0. The normalized spacial score (nSPS) is 11.6. The molecule has 0 bridgehead atoms. The lowest BCUT2D eigenvalue weighted by atomic mass is 9.95. The minimum atomic E-state index is -0.498. The van der Waals surface area contributed by atoms with Crippen LogP contribution in [0.25, 0.3) is 0 Å². The zero-order valence-corrected chi connectivity index (χ0v) is 13.6. The minimum absolute atomic E-state index is 0.0189. The highest BCUT2D eigenvalue weighted by atomic mass is 16.6. The molecule has 0 saturated carbocycles. The Labute approximate surface area is 125 Å². The first kappa shape index (κ1) is 17.1. The molecule has 1 heterocycles. The van der Waals surface area contributed by atoms with Gasteiger partial charge in [0, 0.05) is 11.5 Å². The summed E-state index contributed by atoms with van der Waals surface area (Å²) in [4.78, 5) is 19.4. The predicted octanol–water partition coefficient (Wildman–Crippen LogP) is 3.29. The molecular formula is C14H24N4O3. The molecular weight excluding hydrogens is 272 g/mol. The second-order valence-corrected chi connectivity index (χ2v) is 6.20. The van der Waals surface area contributed by atoms with Crippen molar-refractivity contribution in [2.45, 2.75) is 59.4 Å². The van der Waals surface area contributed by atoms with E-state index < -0.39 is 4.92 Å². The third kappa shape index (κ3) is 4.54. The van der Waals surface area contributed by atoms with Crippen LogP contribution in [0.3, 0.4) is 0 Å². The molecule has 1 rings (SSSR count). The fourth-order valence-electron chi connectivity index (χ4n) is 1.61. The molecule has 0 atom stereocenters. The van der Waals surface area contributed by atoms with Gasteiger partial charge in [-0.05, 0) is 20.3 Å². The summed E-state index contributed by atoms with van der Waals surface area (Å²) in [5.41, 5.74) is -0.530. The summed E-state index contributed by atoms with van der Waals surface area (Å²) in [5, 5.41) is 14.4. The summed E-state index contributed by atoms with van der Waals surface area (Å²) in [6, 6.07) is 0.0189. The second-order valence-electron chi connectivity index (χ2n) is 6.20. The monoisotopic (exact) mass is 296 g/mol. The van der Waals surface area contributed by atoms with Crippen LogP contribution in [0.1, 0.15) is 53.8 Å². The fraction of sp³-hybridized carbons (Fsp3) is 0.714. The van der Waals surface area contributed by atoms with Crippen LogP contribution >= 0.6 is 0 Å². The molecule has 1 aromatic rings. The van der Waals surface area contributed by atoms with Gasteiger partial charge in [-0.2, -0.15) is 4.98 Å². The van der Waals surface area contributed by atoms with Crippen LogP contribution in [0, 0.1) is 10.1 Å². The lowest BCUT2D eigenvalue weighted by molar-refractivity contribution is -0.385. The van der Waals surface area contributed by atoms with Gasteiger partial charge in [-0.25, -0.2) is 4.98 Å². The molecule has 0 aromatic carbocycles. The molecule has 0 aliphatic heterocycles. The highest BCUT2D eigenvalue weighted by Gasteiger charge is 2.30. The van der Waals surface area contributed by atoms with E-state index >= 15 is 0 Å². The Hall–Kier alpha value is -1.92. The van der Waals surface area contributed by atoms with Crippen molar-refractivity contribution in [2.75, 3.05) is 11.9 Å². The lowest BCUT2D eigenvalue weighted by Crippen LogP contribution is -2.21. The van der Waals surface area contributed by atoms with Gasteiger partial charge in [0.1, 0.15) is 5.82 Å². The van der Waals surface area contributed by atoms with Gasteiger partial charge in [-0.15, -0.1) is 0 Å². The van der Waals surface area contributed by atoms with E-state index in [-0.39, 0.29) is 28.8 Å². The number of hydrogen-bond donors (Lipinski definition) is 1. The average Bonchev–Trinajstić information content (AvgIpc) is 2.33. The van der Waals surface area contributed by atoms with Gasteiger partial charge >= 0.3 is 5.69 Å². The van der Waals surface area contributed by atoms with Crippen molar-refractivity contribution in [1.29, 1.82) is 0 Å². The Kier molecular flexibility index (Phi) is 5.46. The first-order valence-electron chi connectivity index (χ1n) is 7.13. The molecule has 1 aromatic heterocycles. The van der Waals surface area contributed by atoms with E-state index in [1.165, 1.54) is 0 Å². The SMILES string of the molecule is CCCOc1nc(C(C)(C)C)nc(NC(C)C)c1[N+](=O)[O-]. The predicted molar refractivity (Wildman–Crippen MR) is 81.9 cm³/mol. The second kappa shape index (κ2) is 6.69. The summed E-state index contributed by atoms with van der Waals surface area (Å²) in [6.07, 6.45) is 0.749. The maximum Gasteiger partial charge on any atom is 0.372 e. The van der Waals surface area contributed by atoms with Gasteiger partial charge in [-0.3, -0.25) is 10.1 Å². The van der Waals surface area contributed by atoms with Gasteiger partial charge in [0.15, 0.2) is 0 Å². The van der Waals surface area contributed by atoms with Crippen molar-refractivity contribution < 1.29 is 9.66 Å². The van der Waals surface area contributed by atoms with Crippen LogP contribution in [-0.2, 0) is 5.41 Å². The number of ether oxygens (including phenoxy) is 1. The van der Waals surface area contributed by atoms with Crippen molar-refractivity contribution >= 4 is 11.5 Å². The van der Waals surface area contributed by atoms with Crippen molar-refractivity contribution in [1.82, 2.24) is 9.97 Å². The topological polar surface area (TPSA) is 90.2 Å². The van der Waals surface area contributed by atoms with Crippen LogP contribution in [0.15, 0.2) is 0 Å². The molecule has 0 fully saturated rings. The largest absolute Gasteiger partial charge is 0.473 e. The van der Waals surface area contributed by atoms with Gasteiger partial charge < -0.3 is 10.1 Å². The van der Waals surface area contributed by atoms with E-state index in [1.54, 1.807) is 0 Å². The molecule has 118 valence electrons. The molecule has 7 nitrogen and oxygen atoms in total. The molecule has 7 heteroatoms. The highest BCUT2D eigenvalue weighted by Crippen LogP contribution is 2.35. The number of nitrogens with one attached hydrogen (secondary N) is 1. The quantitative estimate of drug-likeness (QED) is 0.640. The van der Waals surface area contributed by atoms with Crippen molar-refractivity contribution in [2.24, 2.45) is 0 Å². The third-order valence-corrected chi connectivity index (χ3v) is 2.57. The molecule has 0 saturated heterocycles. The van der Waals surface area contributed by atoms with E-state index in [1.807, 2.05) is 41.5 Å². The summed E-state index contributed by atoms with van der Waals surface area (Å²) in [7, 11) is 0. The van der Waals surface area contributed by atoms with Crippen LogP contribution in [-0.4, -0.2) is 27.5 Å². The zero-order chi connectivity index (χ0) is 16.2. The molecule has 1 N–H and O–H groups in total. The molecule has 21 heavy (non-hydrogen) atoms. The number of nitro groups is 1. The number of rotatable bonds is 6. The Morgan fingerprint density at radius 2 is 1.95 bits per heavy atom. The fourth-order valence-corrected chi connectivity index (χ4v) is 1.61. The smallest absolute Gasteiger partial charge is 0.372 e. The zero-order valence-electron chi connectivity index (χ0n) is 13.6. The number of aromatic nitrogens is 2. The molecule has 0 amide bonds. The van der Waals surface area contributed by atoms with Gasteiger partial charge in [0.05, 0.1) is 11.5 Å². The van der Waals surface area contributed by atoms with Crippen molar-refractivity contribution in [3.05, 3.63) is 15.9 Å². The van der Waals surface area contributed by atoms with Crippen LogP contribution in [0.2, 0.25) is 0 Å². The van der Waals surface area contributed by atoms with Crippen LogP contribution in [0.5, 0.6) is 5.88 Å². The van der Waals surface area contributed by atoms with E-state index in [4.69, 9.17) is 4.74 Å². The number of anilines is 1. The first-order chi connectivity index (χ1) is 9.66. The standard InChI is InChI=1S/C14H24N4O3/c1-7-8-21-12-10(18(19)20)11(15-9(2)3)16-13(17-12)14(4,5)6/h9H,7-8H2,1-6H3,(H,15,16,17). The summed E-state index contributed by atoms with van der Waals surface area (Å²) in [5.74, 6) is 0.758. The van der Waals surface area contributed by atoms with Gasteiger partial charge in [0.2, 0.25) is 5.82 Å². The molecule has 0 unspecified atom stereocenters. The molecule has 0 aliphatic carbocycles. The maximum absolute atomic E-state index is 11.4. The number of nitrogens with zero attached hydrogens (tertiary/aromatic N) is 3. The average molecular weight is 296 g/mol. The third-order valence-electron chi connectivity index (χ3n) is 2.57. The Morgan fingerprint density at radius 1 is 1.33 bits per heavy atom. The summed E-state index contributed by atoms with van der Waals surface area (Å²) < 4.78 is 5.47. The molecule has 0 radical (unpaired) electrons. The molecule has 0 aliphatic rings. The van der Waals surface area contributed by atoms with Crippen LogP contribution < -0.4 is 10.1 Å². The van der Waals surface area contributed by atoms with E-state index in [2.05, 4.69) is 15.3 Å². The van der Waals surface area contributed by atoms with Crippen LogP contribution in [0.4, 0.5) is 11.5 Å². The van der Waals surface area contributed by atoms with E-state index in [0.29, 0.717) is 12.4 Å². The Bertz CT molecular complexity index is 510. The van der Waals surface area contributed by atoms with Gasteiger partial charge in [-0.1, -0.05) is 27.7 Å². The molecule has 0 spiro atoms. The summed E-state index contributed by atoms with van der Waals surface area (Å²) in [6.45, 7) is 12.0. The number of hydrogen-bond acceptors (Lipinski definition) is 6. The lowest BCUT2D eigenvalue weighted by Gasteiger charge is -2.19. The van der Waals surface area contributed by atoms with Crippen molar-refractivity contribution in [3.8, 4) is 5.88 Å². The van der Waals surface area contributed by atoms with E-state index in [9.17, 15) is 10.1 Å². The Balaban J connectivity index is 3.45.